The van der Waals surface area contributed by atoms with Gasteiger partial charge < -0.3 is 4.90 Å². The summed E-state index contributed by atoms with van der Waals surface area (Å²) in [4.78, 5) is 16.3. The van der Waals surface area contributed by atoms with E-state index < -0.39 is 10.0 Å². The largest absolute Gasteiger partial charge is 0.312 e. The Morgan fingerprint density at radius 2 is 1.70 bits per heavy atom. The molecule has 0 spiro atoms. The molecule has 6 nitrogen and oxygen atoms in total. The number of carbonyl (C=O) groups excluding carboxylic acids is 1. The van der Waals surface area contributed by atoms with Crippen molar-refractivity contribution in [2.75, 3.05) is 37.6 Å². The number of benzene rings is 1. The van der Waals surface area contributed by atoms with Crippen molar-refractivity contribution in [1.29, 1.82) is 0 Å². The number of carbonyl (C=O) groups is 1. The van der Waals surface area contributed by atoms with Crippen LogP contribution in [0.5, 0.6) is 0 Å². The molecule has 27 heavy (non-hydrogen) atoms. The Balaban J connectivity index is 1.46. The minimum atomic E-state index is -3.47. The zero-order valence-electron chi connectivity index (χ0n) is 16.1. The quantitative estimate of drug-likeness (QED) is 0.793. The van der Waals surface area contributed by atoms with Crippen LogP contribution in [0, 0.1) is 0 Å². The number of fused-ring (bicyclic) bond motifs is 1. The van der Waals surface area contributed by atoms with Gasteiger partial charge in [0.2, 0.25) is 15.9 Å². The Morgan fingerprint density at radius 3 is 2.37 bits per heavy atom. The Bertz CT molecular complexity index is 810. The van der Waals surface area contributed by atoms with Gasteiger partial charge in [0, 0.05) is 51.4 Å². The van der Waals surface area contributed by atoms with Gasteiger partial charge in [0.05, 0.1) is 4.90 Å². The first-order chi connectivity index (χ1) is 13.0. The molecule has 4 rings (SSSR count). The standard InChI is InChI=1S/C20H29N3O3S/c1-16(24)23-10-9-17-15-19(7-8-20(17)23)27(25,26)22-13-11-21(12-14-22)18-5-3-2-4-6-18/h7-8,15,18H,2-6,9-14H2,1H3. The highest BCUT2D eigenvalue weighted by molar-refractivity contribution is 7.89. The average Bonchev–Trinajstić information content (AvgIpc) is 3.12. The van der Waals surface area contributed by atoms with Crippen molar-refractivity contribution in [3.63, 3.8) is 0 Å². The fraction of sp³-hybridized carbons (Fsp3) is 0.650. The molecule has 1 aromatic rings. The van der Waals surface area contributed by atoms with E-state index in [0.29, 0.717) is 37.0 Å². The van der Waals surface area contributed by atoms with E-state index in [2.05, 4.69) is 4.90 Å². The predicted octanol–water partition coefficient (Wildman–Crippen LogP) is 2.23. The Labute approximate surface area is 162 Å². The van der Waals surface area contributed by atoms with E-state index in [4.69, 9.17) is 0 Å². The van der Waals surface area contributed by atoms with Gasteiger partial charge in [-0.3, -0.25) is 9.69 Å². The van der Waals surface area contributed by atoms with Crippen molar-refractivity contribution in [2.24, 2.45) is 0 Å². The number of amides is 1. The number of nitrogens with zero attached hydrogens (tertiary/aromatic N) is 3. The first-order valence-corrected chi connectivity index (χ1v) is 11.6. The first-order valence-electron chi connectivity index (χ1n) is 10.1. The van der Waals surface area contributed by atoms with Gasteiger partial charge >= 0.3 is 0 Å². The van der Waals surface area contributed by atoms with Gasteiger partial charge in [-0.25, -0.2) is 8.42 Å². The van der Waals surface area contributed by atoms with E-state index in [1.807, 2.05) is 0 Å². The van der Waals surface area contributed by atoms with Crippen LogP contribution in [-0.4, -0.2) is 62.3 Å². The van der Waals surface area contributed by atoms with E-state index in [1.165, 1.54) is 32.1 Å². The third kappa shape index (κ3) is 3.65. The number of rotatable bonds is 3. The molecule has 0 bridgehead atoms. The minimum absolute atomic E-state index is 0.00296. The molecule has 1 amide bonds. The van der Waals surface area contributed by atoms with E-state index in [0.717, 1.165) is 24.3 Å². The molecule has 0 atom stereocenters. The lowest BCUT2D eigenvalue weighted by Gasteiger charge is -2.40. The maximum absolute atomic E-state index is 13.1. The van der Waals surface area contributed by atoms with Crippen molar-refractivity contribution < 1.29 is 13.2 Å². The van der Waals surface area contributed by atoms with Gasteiger partial charge in [0.25, 0.3) is 0 Å². The molecule has 1 saturated carbocycles. The van der Waals surface area contributed by atoms with Gasteiger partial charge in [-0.1, -0.05) is 19.3 Å². The summed E-state index contributed by atoms with van der Waals surface area (Å²) < 4.78 is 27.9. The zero-order valence-corrected chi connectivity index (χ0v) is 16.9. The third-order valence-electron chi connectivity index (χ3n) is 6.33. The SMILES string of the molecule is CC(=O)N1CCc2cc(S(=O)(=O)N3CCN(C4CCCCC4)CC3)ccc21. The molecular weight excluding hydrogens is 362 g/mol. The lowest BCUT2D eigenvalue weighted by Crippen LogP contribution is -2.52. The molecular formula is C20H29N3O3S. The summed E-state index contributed by atoms with van der Waals surface area (Å²) in [5.41, 5.74) is 1.80. The van der Waals surface area contributed by atoms with Crippen LogP contribution in [0.3, 0.4) is 0 Å². The summed E-state index contributed by atoms with van der Waals surface area (Å²) in [6.07, 6.45) is 7.16. The lowest BCUT2D eigenvalue weighted by molar-refractivity contribution is -0.116. The van der Waals surface area contributed by atoms with Crippen molar-refractivity contribution in [3.05, 3.63) is 23.8 Å². The molecule has 1 aromatic carbocycles. The van der Waals surface area contributed by atoms with Gasteiger partial charge in [0.1, 0.15) is 0 Å². The lowest BCUT2D eigenvalue weighted by atomic mass is 9.94. The van der Waals surface area contributed by atoms with E-state index in [1.54, 1.807) is 34.3 Å². The van der Waals surface area contributed by atoms with Crippen LogP contribution >= 0.6 is 0 Å². The Kier molecular flexibility index (Phi) is 5.27. The molecule has 2 fully saturated rings. The number of hydrogen-bond acceptors (Lipinski definition) is 4. The number of hydrogen-bond donors (Lipinski definition) is 0. The molecule has 2 heterocycles. The summed E-state index contributed by atoms with van der Waals surface area (Å²) in [5, 5.41) is 0. The van der Waals surface area contributed by atoms with Crippen LogP contribution in [0.25, 0.3) is 0 Å². The van der Waals surface area contributed by atoms with Crippen molar-refractivity contribution in [3.8, 4) is 0 Å². The van der Waals surface area contributed by atoms with Crippen molar-refractivity contribution in [2.45, 2.75) is 56.4 Å². The Hall–Kier alpha value is -1.44. The summed E-state index contributed by atoms with van der Waals surface area (Å²) in [5.74, 6) is 0.00296. The molecule has 1 saturated heterocycles. The molecule has 0 aromatic heterocycles. The Morgan fingerprint density at radius 1 is 1.00 bits per heavy atom. The fourth-order valence-electron chi connectivity index (χ4n) is 4.77. The van der Waals surface area contributed by atoms with E-state index >= 15 is 0 Å². The zero-order chi connectivity index (χ0) is 19.0. The summed E-state index contributed by atoms with van der Waals surface area (Å²) in [7, 11) is -3.47. The molecule has 0 radical (unpaired) electrons. The van der Waals surface area contributed by atoms with Crippen LogP contribution in [0.1, 0.15) is 44.6 Å². The second kappa shape index (κ2) is 7.53. The molecule has 3 aliphatic rings. The van der Waals surface area contributed by atoms with Crippen LogP contribution in [0.15, 0.2) is 23.1 Å². The highest BCUT2D eigenvalue weighted by Crippen LogP contribution is 2.32. The monoisotopic (exact) mass is 391 g/mol. The van der Waals surface area contributed by atoms with Crippen LogP contribution in [-0.2, 0) is 21.2 Å². The van der Waals surface area contributed by atoms with E-state index in [-0.39, 0.29) is 5.91 Å². The highest BCUT2D eigenvalue weighted by Gasteiger charge is 2.32. The predicted molar refractivity (Wildman–Crippen MR) is 105 cm³/mol. The third-order valence-corrected chi connectivity index (χ3v) is 8.22. The topological polar surface area (TPSA) is 60.9 Å². The summed E-state index contributed by atoms with van der Waals surface area (Å²) in [6.45, 7) is 4.96. The van der Waals surface area contributed by atoms with Crippen LogP contribution in [0.2, 0.25) is 0 Å². The van der Waals surface area contributed by atoms with Gasteiger partial charge in [0.15, 0.2) is 0 Å². The van der Waals surface area contributed by atoms with Crippen molar-refractivity contribution >= 4 is 21.6 Å². The minimum Gasteiger partial charge on any atom is -0.312 e. The molecule has 1 aliphatic carbocycles. The first kappa shape index (κ1) is 18.9. The highest BCUT2D eigenvalue weighted by atomic mass is 32.2. The number of piperazine rings is 1. The van der Waals surface area contributed by atoms with E-state index in [9.17, 15) is 13.2 Å². The molecule has 7 heteroatoms. The second-order valence-electron chi connectivity index (χ2n) is 7.94. The fourth-order valence-corrected chi connectivity index (χ4v) is 6.24. The van der Waals surface area contributed by atoms with Crippen LogP contribution in [0.4, 0.5) is 5.69 Å². The van der Waals surface area contributed by atoms with Gasteiger partial charge in [-0.05, 0) is 43.0 Å². The maximum atomic E-state index is 13.1. The number of anilines is 1. The summed E-state index contributed by atoms with van der Waals surface area (Å²) >= 11 is 0. The number of sulfonamides is 1. The summed E-state index contributed by atoms with van der Waals surface area (Å²) in [6, 6.07) is 5.85. The molecule has 0 unspecified atom stereocenters. The second-order valence-corrected chi connectivity index (χ2v) is 9.88. The molecule has 2 aliphatic heterocycles. The maximum Gasteiger partial charge on any atom is 0.243 e. The molecule has 148 valence electrons. The average molecular weight is 392 g/mol. The smallest absolute Gasteiger partial charge is 0.243 e. The molecule has 0 N–H and O–H groups in total. The van der Waals surface area contributed by atoms with Crippen molar-refractivity contribution in [1.82, 2.24) is 9.21 Å². The van der Waals surface area contributed by atoms with Crippen LogP contribution < -0.4 is 4.90 Å². The normalized spacial score (nSPS) is 22.8. The van der Waals surface area contributed by atoms with Gasteiger partial charge in [-0.2, -0.15) is 4.31 Å². The van der Waals surface area contributed by atoms with Gasteiger partial charge in [-0.15, -0.1) is 0 Å².